The molecule has 0 rings (SSSR count). The quantitative estimate of drug-likeness (QED) is 0.180. The van der Waals surface area contributed by atoms with Crippen molar-refractivity contribution < 1.29 is 50.8 Å². The molecule has 1 atom stereocenters. The standard InChI is InChI=1S/C20H40N2O4.Na.H/c1-3-4-5-6-7-8-9-10-11-12-13-14-19(24)21-15-16-22(18(2)23)17-20(25)26;;/h18,23H,3-17H2,1-2H3,(H,21,24)(H,25,26);;/q;+1;-1. The van der Waals surface area contributed by atoms with E-state index < -0.39 is 12.2 Å². The third-order valence-corrected chi connectivity index (χ3v) is 4.60. The second kappa shape index (κ2) is 20.6. The van der Waals surface area contributed by atoms with Gasteiger partial charge in [0, 0.05) is 19.5 Å². The molecular formula is C20H41N2NaO4. The van der Waals surface area contributed by atoms with E-state index in [4.69, 9.17) is 5.11 Å². The number of nitrogens with zero attached hydrogens (tertiary/aromatic N) is 1. The van der Waals surface area contributed by atoms with E-state index in [1.165, 1.54) is 69.6 Å². The van der Waals surface area contributed by atoms with Gasteiger partial charge in [0.15, 0.2) is 0 Å². The number of aliphatic hydroxyl groups is 1. The number of nitrogens with one attached hydrogen (secondary N) is 1. The van der Waals surface area contributed by atoms with E-state index in [0.717, 1.165) is 12.8 Å². The number of amides is 1. The van der Waals surface area contributed by atoms with Crippen molar-refractivity contribution in [2.45, 2.75) is 97.1 Å². The average molecular weight is 397 g/mol. The summed E-state index contributed by atoms with van der Waals surface area (Å²) in [7, 11) is 0. The summed E-state index contributed by atoms with van der Waals surface area (Å²) in [5.74, 6) is -0.986. The van der Waals surface area contributed by atoms with Gasteiger partial charge < -0.3 is 17.0 Å². The summed E-state index contributed by atoms with van der Waals surface area (Å²) in [6, 6.07) is 0. The molecular weight excluding hydrogens is 355 g/mol. The zero-order valence-corrected chi connectivity index (χ0v) is 19.8. The van der Waals surface area contributed by atoms with Crippen LogP contribution in [-0.2, 0) is 9.59 Å². The van der Waals surface area contributed by atoms with Crippen LogP contribution in [0.2, 0.25) is 0 Å². The van der Waals surface area contributed by atoms with Gasteiger partial charge in [0.25, 0.3) is 0 Å². The molecule has 7 heteroatoms. The first kappa shape index (κ1) is 29.1. The molecule has 0 bridgehead atoms. The van der Waals surface area contributed by atoms with Crippen molar-refractivity contribution in [2.75, 3.05) is 19.6 Å². The van der Waals surface area contributed by atoms with Crippen molar-refractivity contribution in [1.82, 2.24) is 10.2 Å². The minimum absolute atomic E-state index is 0. The summed E-state index contributed by atoms with van der Waals surface area (Å²) in [6.07, 6.45) is 13.5. The van der Waals surface area contributed by atoms with Crippen LogP contribution in [0.4, 0.5) is 0 Å². The third kappa shape index (κ3) is 20.4. The second-order valence-electron chi connectivity index (χ2n) is 7.13. The Balaban J connectivity index is -0.00000312. The Morgan fingerprint density at radius 1 is 0.963 bits per heavy atom. The molecule has 0 aliphatic heterocycles. The predicted molar refractivity (Wildman–Crippen MR) is 106 cm³/mol. The van der Waals surface area contributed by atoms with Crippen LogP contribution in [0.15, 0.2) is 0 Å². The molecule has 0 radical (unpaired) electrons. The van der Waals surface area contributed by atoms with Crippen molar-refractivity contribution in [3.63, 3.8) is 0 Å². The molecule has 0 aliphatic carbocycles. The number of aliphatic carboxylic acids is 1. The monoisotopic (exact) mass is 396 g/mol. The third-order valence-electron chi connectivity index (χ3n) is 4.60. The molecule has 0 heterocycles. The second-order valence-corrected chi connectivity index (χ2v) is 7.13. The van der Waals surface area contributed by atoms with Gasteiger partial charge >= 0.3 is 35.5 Å². The molecule has 0 aliphatic rings. The predicted octanol–water partition coefficient (Wildman–Crippen LogP) is 0.645. The van der Waals surface area contributed by atoms with Gasteiger partial charge in [-0.3, -0.25) is 14.5 Å². The van der Waals surface area contributed by atoms with Gasteiger partial charge in [-0.15, -0.1) is 0 Å². The average Bonchev–Trinajstić information content (AvgIpc) is 2.58. The molecule has 0 aromatic carbocycles. The Morgan fingerprint density at radius 3 is 1.89 bits per heavy atom. The smallest absolute Gasteiger partial charge is 1.00 e. The number of carboxylic acid groups (broad SMARTS) is 1. The summed E-state index contributed by atoms with van der Waals surface area (Å²) in [4.78, 5) is 23.9. The maximum atomic E-state index is 11.8. The molecule has 156 valence electrons. The molecule has 1 unspecified atom stereocenters. The molecule has 6 nitrogen and oxygen atoms in total. The summed E-state index contributed by atoms with van der Waals surface area (Å²) in [5, 5.41) is 21.1. The molecule has 0 aromatic rings. The van der Waals surface area contributed by atoms with Crippen molar-refractivity contribution in [2.24, 2.45) is 0 Å². The topological polar surface area (TPSA) is 89.9 Å². The van der Waals surface area contributed by atoms with Gasteiger partial charge in [-0.1, -0.05) is 71.1 Å². The van der Waals surface area contributed by atoms with Crippen molar-refractivity contribution in [3.05, 3.63) is 0 Å². The van der Waals surface area contributed by atoms with E-state index in [1.54, 1.807) is 0 Å². The largest absolute Gasteiger partial charge is 1.00 e. The maximum absolute atomic E-state index is 11.8. The van der Waals surface area contributed by atoms with Gasteiger partial charge in [-0.05, 0) is 13.3 Å². The summed E-state index contributed by atoms with van der Waals surface area (Å²) < 4.78 is 0. The van der Waals surface area contributed by atoms with Crippen LogP contribution in [-0.4, -0.2) is 52.9 Å². The van der Waals surface area contributed by atoms with Crippen LogP contribution >= 0.6 is 0 Å². The van der Waals surface area contributed by atoms with Crippen LogP contribution in [0.5, 0.6) is 0 Å². The Bertz CT molecular complexity index is 374. The molecule has 1 amide bonds. The number of hydrogen-bond donors (Lipinski definition) is 3. The maximum Gasteiger partial charge on any atom is 1.00 e. The van der Waals surface area contributed by atoms with Crippen LogP contribution in [0.1, 0.15) is 92.3 Å². The number of carbonyl (C=O) groups excluding carboxylic acids is 1. The zero-order valence-electron chi connectivity index (χ0n) is 18.8. The van der Waals surface area contributed by atoms with Crippen LogP contribution in [0.3, 0.4) is 0 Å². The molecule has 27 heavy (non-hydrogen) atoms. The first-order valence-corrected chi connectivity index (χ1v) is 10.4. The Hall–Kier alpha value is -0.140. The van der Waals surface area contributed by atoms with Crippen molar-refractivity contribution >= 4 is 11.9 Å². The first-order chi connectivity index (χ1) is 12.5. The van der Waals surface area contributed by atoms with Gasteiger partial charge in [0.05, 0.1) is 6.54 Å². The van der Waals surface area contributed by atoms with E-state index in [1.807, 2.05) is 0 Å². The number of hydrogen-bond acceptors (Lipinski definition) is 4. The molecule has 0 saturated carbocycles. The van der Waals surface area contributed by atoms with Crippen LogP contribution < -0.4 is 34.9 Å². The minimum atomic E-state index is -0.988. The van der Waals surface area contributed by atoms with E-state index in [0.29, 0.717) is 19.5 Å². The van der Waals surface area contributed by atoms with E-state index in [2.05, 4.69) is 12.2 Å². The van der Waals surface area contributed by atoms with E-state index in [-0.39, 0.29) is 43.4 Å². The van der Waals surface area contributed by atoms with Crippen molar-refractivity contribution in [1.29, 1.82) is 0 Å². The molecule has 0 fully saturated rings. The fourth-order valence-electron chi connectivity index (χ4n) is 2.95. The summed E-state index contributed by atoms with van der Waals surface area (Å²) in [5.41, 5.74) is 0. The molecule has 0 saturated heterocycles. The van der Waals surface area contributed by atoms with Crippen molar-refractivity contribution in [3.8, 4) is 0 Å². The van der Waals surface area contributed by atoms with Gasteiger partial charge in [-0.2, -0.15) is 0 Å². The first-order valence-electron chi connectivity index (χ1n) is 10.4. The van der Waals surface area contributed by atoms with Gasteiger partial charge in [0.2, 0.25) is 5.91 Å². The van der Waals surface area contributed by atoms with E-state index >= 15 is 0 Å². The molecule has 0 aromatic heterocycles. The minimum Gasteiger partial charge on any atom is -1.00 e. The Kier molecular flexibility index (Phi) is 22.2. The number of unbranched alkanes of at least 4 members (excludes halogenated alkanes) is 10. The molecule has 0 spiro atoms. The zero-order chi connectivity index (χ0) is 19.6. The Morgan fingerprint density at radius 2 is 1.44 bits per heavy atom. The Labute approximate surface area is 189 Å². The molecule has 3 N–H and O–H groups in total. The van der Waals surface area contributed by atoms with E-state index in [9.17, 15) is 14.7 Å². The number of aliphatic hydroxyl groups excluding tert-OH is 1. The number of carbonyl (C=O) groups is 2. The summed E-state index contributed by atoms with van der Waals surface area (Å²) >= 11 is 0. The van der Waals surface area contributed by atoms with Gasteiger partial charge in [0.1, 0.15) is 6.23 Å². The fourth-order valence-corrected chi connectivity index (χ4v) is 2.95. The normalized spacial score (nSPS) is 11.9. The SMILES string of the molecule is CCCCCCCCCCCCCC(=O)NCCN(CC(=O)O)C(C)O.[H-].[Na+]. The number of carboxylic acids is 1. The van der Waals surface area contributed by atoms with Crippen LogP contribution in [0, 0.1) is 0 Å². The van der Waals surface area contributed by atoms with Gasteiger partial charge in [-0.25, -0.2) is 0 Å². The summed E-state index contributed by atoms with van der Waals surface area (Å²) in [6.45, 7) is 4.22. The number of rotatable bonds is 18. The fraction of sp³-hybridized carbons (Fsp3) is 0.900. The van der Waals surface area contributed by atoms with Crippen LogP contribution in [0.25, 0.3) is 0 Å².